The number of carbonyl (C=O) groups is 1. The molecular weight excluding hydrogens is 426 g/mol. The molecule has 2 aliphatic rings. The van der Waals surface area contributed by atoms with Gasteiger partial charge < -0.3 is 14.8 Å². The van der Waals surface area contributed by atoms with Crippen LogP contribution < -0.4 is 20.3 Å². The molecule has 8 heteroatoms. The van der Waals surface area contributed by atoms with Crippen LogP contribution in [-0.2, 0) is 19.4 Å². The number of benzene rings is 1. The van der Waals surface area contributed by atoms with E-state index >= 15 is 0 Å². The van der Waals surface area contributed by atoms with Gasteiger partial charge in [0.1, 0.15) is 28.3 Å². The third-order valence-electron chi connectivity index (χ3n) is 6.16. The van der Waals surface area contributed by atoms with E-state index in [4.69, 9.17) is 14.5 Å². The van der Waals surface area contributed by atoms with Crippen molar-refractivity contribution in [3.63, 3.8) is 0 Å². The second-order valence-corrected chi connectivity index (χ2v) is 9.51. The maximum absolute atomic E-state index is 13.3. The molecule has 0 aliphatic carbocycles. The predicted molar refractivity (Wildman–Crippen MR) is 126 cm³/mol. The lowest BCUT2D eigenvalue weighted by Gasteiger charge is -2.13. The zero-order valence-electron chi connectivity index (χ0n) is 18.6. The van der Waals surface area contributed by atoms with E-state index in [9.17, 15) is 9.59 Å². The van der Waals surface area contributed by atoms with Gasteiger partial charge in [0.2, 0.25) is 0 Å². The van der Waals surface area contributed by atoms with Crippen molar-refractivity contribution in [1.29, 1.82) is 0 Å². The Morgan fingerprint density at radius 1 is 1.34 bits per heavy atom. The Morgan fingerprint density at radius 2 is 2.19 bits per heavy atom. The third kappa shape index (κ3) is 3.56. The molecule has 7 nitrogen and oxygen atoms in total. The summed E-state index contributed by atoms with van der Waals surface area (Å²) in [5, 5.41) is 3.54. The number of nitrogens with zero attached hydrogens (tertiary/aromatic N) is 2. The molecule has 0 saturated carbocycles. The highest BCUT2D eigenvalue weighted by atomic mass is 32.1. The van der Waals surface area contributed by atoms with Gasteiger partial charge in [-0.25, -0.2) is 4.98 Å². The maximum Gasteiger partial charge on any atom is 0.266 e. The average molecular weight is 454 g/mol. The van der Waals surface area contributed by atoms with Crippen molar-refractivity contribution in [2.75, 3.05) is 11.9 Å². The number of carbonyl (C=O) groups excluding carboxylic acids is 1. The minimum absolute atomic E-state index is 0.0328. The lowest BCUT2D eigenvalue weighted by molar-refractivity contribution is 0.102. The fourth-order valence-electron chi connectivity index (χ4n) is 4.62. The molecule has 5 rings (SSSR count). The summed E-state index contributed by atoms with van der Waals surface area (Å²) in [6.07, 6.45) is 4.84. The maximum atomic E-state index is 13.3. The topological polar surface area (TPSA) is 82.5 Å². The van der Waals surface area contributed by atoms with Crippen LogP contribution in [0.25, 0.3) is 10.2 Å². The van der Waals surface area contributed by atoms with Crippen LogP contribution in [0.4, 0.5) is 5.69 Å². The van der Waals surface area contributed by atoms with Gasteiger partial charge in [0.15, 0.2) is 0 Å². The Bertz CT molecular complexity index is 1280. The SMILES string of the molecule is CCOc1cc2c(cc1NC(=O)c1sc3nc4n(c(=O)c3c1C)CCCCC4)O[C@@H](C)C2. The lowest BCUT2D eigenvalue weighted by Crippen LogP contribution is -2.24. The average Bonchev–Trinajstić information content (AvgIpc) is 3.17. The van der Waals surface area contributed by atoms with Crippen LogP contribution in [0.2, 0.25) is 0 Å². The molecule has 32 heavy (non-hydrogen) atoms. The van der Waals surface area contributed by atoms with Crippen molar-refractivity contribution in [2.45, 2.75) is 65.5 Å². The number of hydrogen-bond donors (Lipinski definition) is 1. The number of aromatic nitrogens is 2. The van der Waals surface area contributed by atoms with Gasteiger partial charge in [-0.3, -0.25) is 14.2 Å². The van der Waals surface area contributed by atoms with Crippen LogP contribution >= 0.6 is 11.3 Å². The largest absolute Gasteiger partial charge is 0.492 e. The number of thiophene rings is 1. The zero-order valence-corrected chi connectivity index (χ0v) is 19.4. The van der Waals surface area contributed by atoms with Gasteiger partial charge in [-0.1, -0.05) is 6.42 Å². The number of anilines is 1. The van der Waals surface area contributed by atoms with Crippen molar-refractivity contribution in [3.05, 3.63) is 44.3 Å². The van der Waals surface area contributed by atoms with Crippen LogP contribution in [0.3, 0.4) is 0 Å². The number of amides is 1. The Kier molecular flexibility index (Phi) is 5.41. The highest BCUT2D eigenvalue weighted by Gasteiger charge is 2.25. The van der Waals surface area contributed by atoms with Gasteiger partial charge in [-0.2, -0.15) is 0 Å². The Hall–Kier alpha value is -2.87. The minimum atomic E-state index is -0.267. The second-order valence-electron chi connectivity index (χ2n) is 8.51. The van der Waals surface area contributed by atoms with Crippen LogP contribution in [0.1, 0.15) is 59.7 Å². The molecule has 0 saturated heterocycles. The molecule has 1 N–H and O–H groups in total. The van der Waals surface area contributed by atoms with Gasteiger partial charge in [0.05, 0.1) is 22.6 Å². The number of aryl methyl sites for hydroxylation is 2. The van der Waals surface area contributed by atoms with Crippen LogP contribution in [0.15, 0.2) is 16.9 Å². The quantitative estimate of drug-likeness (QED) is 0.630. The van der Waals surface area contributed by atoms with E-state index in [0.717, 1.165) is 49.2 Å². The third-order valence-corrected chi connectivity index (χ3v) is 7.35. The van der Waals surface area contributed by atoms with E-state index in [2.05, 4.69) is 5.32 Å². The summed E-state index contributed by atoms with van der Waals surface area (Å²) in [7, 11) is 0. The van der Waals surface area contributed by atoms with Gasteiger partial charge in [0.25, 0.3) is 11.5 Å². The summed E-state index contributed by atoms with van der Waals surface area (Å²) in [6, 6.07) is 3.78. The van der Waals surface area contributed by atoms with Crippen LogP contribution in [0, 0.1) is 6.92 Å². The molecule has 3 aromatic rings. The van der Waals surface area contributed by atoms with Crippen molar-refractivity contribution < 1.29 is 14.3 Å². The fraction of sp³-hybridized carbons (Fsp3) is 0.458. The summed E-state index contributed by atoms with van der Waals surface area (Å²) in [5.41, 5.74) is 2.30. The predicted octanol–water partition coefficient (Wildman–Crippen LogP) is 4.47. The zero-order chi connectivity index (χ0) is 22.4. The second kappa shape index (κ2) is 8.24. The number of hydrogen-bond acceptors (Lipinski definition) is 6. The highest BCUT2D eigenvalue weighted by molar-refractivity contribution is 7.20. The van der Waals surface area contributed by atoms with E-state index in [0.29, 0.717) is 45.2 Å². The van der Waals surface area contributed by atoms with Crippen molar-refractivity contribution in [3.8, 4) is 11.5 Å². The molecular formula is C24H27N3O4S. The molecule has 0 spiro atoms. The summed E-state index contributed by atoms with van der Waals surface area (Å²) < 4.78 is 13.4. The number of ether oxygens (including phenoxy) is 2. The normalized spacial score (nSPS) is 17.4. The smallest absolute Gasteiger partial charge is 0.266 e. The highest BCUT2D eigenvalue weighted by Crippen LogP contribution is 2.39. The Labute approximate surface area is 190 Å². The molecule has 0 radical (unpaired) electrons. The number of fused-ring (bicyclic) bond motifs is 3. The molecule has 1 atom stereocenters. The van der Waals surface area contributed by atoms with Crippen LogP contribution in [-0.4, -0.2) is 28.2 Å². The number of nitrogens with one attached hydrogen (secondary N) is 1. The first-order chi connectivity index (χ1) is 15.5. The van der Waals surface area contributed by atoms with Gasteiger partial charge in [-0.15, -0.1) is 11.3 Å². The molecule has 4 heterocycles. The number of rotatable bonds is 4. The standard InChI is InChI=1S/C24H27N3O4S/c1-4-30-18-11-15-10-13(2)31-17(15)12-16(18)25-22(28)21-14(3)20-23(32-21)26-19-8-6-5-7-9-27(19)24(20)29/h11-13H,4-10H2,1-3H3,(H,25,28)/t13-/m0/s1. The summed E-state index contributed by atoms with van der Waals surface area (Å²) in [5.74, 6) is 1.96. The van der Waals surface area contributed by atoms with Crippen molar-refractivity contribution in [1.82, 2.24) is 9.55 Å². The summed E-state index contributed by atoms with van der Waals surface area (Å²) in [6.45, 7) is 6.95. The molecule has 1 aromatic carbocycles. The van der Waals surface area contributed by atoms with Gasteiger partial charge in [-0.05, 0) is 45.2 Å². The van der Waals surface area contributed by atoms with Gasteiger partial charge in [0, 0.05) is 31.0 Å². The first-order valence-electron chi connectivity index (χ1n) is 11.3. The molecule has 2 aromatic heterocycles. The van der Waals surface area contributed by atoms with E-state index in [-0.39, 0.29) is 17.6 Å². The first-order valence-corrected chi connectivity index (χ1v) is 12.1. The monoisotopic (exact) mass is 453 g/mol. The van der Waals surface area contributed by atoms with Crippen LogP contribution in [0.5, 0.6) is 11.5 Å². The fourth-order valence-corrected chi connectivity index (χ4v) is 5.70. The summed E-state index contributed by atoms with van der Waals surface area (Å²) in [4.78, 5) is 32.4. The lowest BCUT2D eigenvalue weighted by atomic mass is 10.1. The van der Waals surface area contributed by atoms with Gasteiger partial charge >= 0.3 is 0 Å². The van der Waals surface area contributed by atoms with Crippen molar-refractivity contribution in [2.24, 2.45) is 0 Å². The molecule has 1 amide bonds. The van der Waals surface area contributed by atoms with Crippen molar-refractivity contribution >= 4 is 33.1 Å². The molecule has 168 valence electrons. The van der Waals surface area contributed by atoms with E-state index in [1.807, 2.05) is 32.9 Å². The Balaban J connectivity index is 1.52. The van der Waals surface area contributed by atoms with E-state index in [1.54, 1.807) is 4.57 Å². The van der Waals surface area contributed by atoms with E-state index < -0.39 is 0 Å². The molecule has 2 aliphatic heterocycles. The minimum Gasteiger partial charge on any atom is -0.492 e. The summed E-state index contributed by atoms with van der Waals surface area (Å²) >= 11 is 1.28. The Morgan fingerprint density at radius 3 is 3.00 bits per heavy atom. The van der Waals surface area contributed by atoms with E-state index in [1.165, 1.54) is 11.3 Å². The first kappa shape index (κ1) is 21.0. The molecule has 0 bridgehead atoms. The molecule has 0 fully saturated rings. The molecule has 0 unspecified atom stereocenters.